The number of methoxy groups -OCH3 is 1. The first-order valence-corrected chi connectivity index (χ1v) is 7.87. The highest BCUT2D eigenvalue weighted by Gasteiger charge is 2.24. The van der Waals surface area contributed by atoms with Gasteiger partial charge in [-0.25, -0.2) is 0 Å². The summed E-state index contributed by atoms with van der Waals surface area (Å²) in [4.78, 5) is 9.12. The van der Waals surface area contributed by atoms with Gasteiger partial charge in [0.15, 0.2) is 5.96 Å². The minimum atomic E-state index is 0.612. The van der Waals surface area contributed by atoms with Gasteiger partial charge in [0.1, 0.15) is 0 Å². The van der Waals surface area contributed by atoms with Crippen LogP contribution in [0.1, 0.15) is 32.6 Å². The lowest BCUT2D eigenvalue weighted by Gasteiger charge is -2.27. The van der Waals surface area contributed by atoms with Gasteiger partial charge >= 0.3 is 0 Å². The molecule has 1 rings (SSSR count). The summed E-state index contributed by atoms with van der Waals surface area (Å²) in [6.07, 6.45) is 4.99. The normalized spacial score (nSPS) is 20.4. The topological polar surface area (TPSA) is 40.1 Å². The molecule has 118 valence electrons. The van der Waals surface area contributed by atoms with Crippen LogP contribution in [0, 0.1) is 0 Å². The molecule has 1 aliphatic heterocycles. The predicted molar refractivity (Wildman–Crippen MR) is 85.4 cm³/mol. The zero-order valence-electron chi connectivity index (χ0n) is 13.7. The Morgan fingerprint density at radius 2 is 2.30 bits per heavy atom. The van der Waals surface area contributed by atoms with Crippen molar-refractivity contribution in [1.29, 1.82) is 0 Å². The van der Waals surface area contributed by atoms with Gasteiger partial charge < -0.3 is 15.0 Å². The quantitative estimate of drug-likeness (QED) is 0.540. The molecule has 5 nitrogen and oxygen atoms in total. The molecular formula is C15H32N4O. The van der Waals surface area contributed by atoms with Crippen LogP contribution in [0.3, 0.4) is 0 Å². The van der Waals surface area contributed by atoms with E-state index in [1.54, 1.807) is 7.11 Å². The second kappa shape index (κ2) is 10.00. The Labute approximate surface area is 124 Å². The zero-order valence-corrected chi connectivity index (χ0v) is 13.7. The molecule has 0 spiro atoms. The molecule has 0 bridgehead atoms. The highest BCUT2D eigenvalue weighted by atomic mass is 16.5. The van der Waals surface area contributed by atoms with Gasteiger partial charge in [-0.1, -0.05) is 13.3 Å². The molecule has 0 radical (unpaired) electrons. The molecule has 1 N–H and O–H groups in total. The fraction of sp³-hybridized carbons (Fsp3) is 0.933. The average Bonchev–Trinajstić information content (AvgIpc) is 2.91. The van der Waals surface area contributed by atoms with Crippen LogP contribution < -0.4 is 5.32 Å². The number of aliphatic imine (C=N–C) groups is 1. The Balaban J connectivity index is 2.35. The van der Waals surface area contributed by atoms with Crippen molar-refractivity contribution in [2.24, 2.45) is 4.99 Å². The summed E-state index contributed by atoms with van der Waals surface area (Å²) < 4.78 is 5.19. The smallest absolute Gasteiger partial charge is 0.193 e. The molecule has 5 heteroatoms. The lowest BCUT2D eigenvalue weighted by molar-refractivity contribution is 0.141. The van der Waals surface area contributed by atoms with Crippen molar-refractivity contribution in [2.75, 3.05) is 54.0 Å². The summed E-state index contributed by atoms with van der Waals surface area (Å²) in [6.45, 7) is 7.31. The van der Waals surface area contributed by atoms with E-state index in [-0.39, 0.29) is 0 Å². The summed E-state index contributed by atoms with van der Waals surface area (Å²) in [5, 5.41) is 3.52. The molecule has 1 aliphatic rings. The van der Waals surface area contributed by atoms with Crippen LogP contribution in [0.2, 0.25) is 0 Å². The van der Waals surface area contributed by atoms with Crippen LogP contribution in [-0.4, -0.2) is 75.8 Å². The maximum absolute atomic E-state index is 5.19. The number of nitrogens with one attached hydrogen (secondary N) is 1. The minimum Gasteiger partial charge on any atom is -0.383 e. The number of nitrogens with zero attached hydrogens (tertiary/aromatic N) is 3. The number of guanidine groups is 1. The van der Waals surface area contributed by atoms with E-state index < -0.39 is 0 Å². The van der Waals surface area contributed by atoms with Gasteiger partial charge in [-0.05, 0) is 25.8 Å². The summed E-state index contributed by atoms with van der Waals surface area (Å²) in [7, 11) is 5.75. The third kappa shape index (κ3) is 5.67. The van der Waals surface area contributed by atoms with Crippen LogP contribution in [-0.2, 0) is 4.74 Å². The fourth-order valence-electron chi connectivity index (χ4n) is 2.72. The Bertz CT molecular complexity index is 283. The van der Waals surface area contributed by atoms with Crippen molar-refractivity contribution < 1.29 is 4.74 Å². The van der Waals surface area contributed by atoms with Crippen molar-refractivity contribution in [3.05, 3.63) is 0 Å². The maximum Gasteiger partial charge on any atom is 0.193 e. The first-order valence-electron chi connectivity index (χ1n) is 7.87. The Morgan fingerprint density at radius 3 is 2.95 bits per heavy atom. The summed E-state index contributed by atoms with van der Waals surface area (Å²) >= 11 is 0. The molecule has 1 saturated heterocycles. The number of hydrogen-bond donors (Lipinski definition) is 1. The van der Waals surface area contributed by atoms with Gasteiger partial charge in [-0.3, -0.25) is 9.89 Å². The molecule has 0 aromatic rings. The summed E-state index contributed by atoms with van der Waals surface area (Å²) in [5.74, 6) is 1.01. The third-order valence-electron chi connectivity index (χ3n) is 4.00. The number of hydrogen-bond acceptors (Lipinski definition) is 3. The molecular weight excluding hydrogens is 252 g/mol. The molecule has 0 amide bonds. The molecule has 1 fully saturated rings. The second-order valence-corrected chi connectivity index (χ2v) is 5.53. The lowest BCUT2D eigenvalue weighted by Crippen LogP contribution is -2.46. The van der Waals surface area contributed by atoms with Gasteiger partial charge in [-0.15, -0.1) is 0 Å². The monoisotopic (exact) mass is 284 g/mol. The van der Waals surface area contributed by atoms with E-state index in [9.17, 15) is 0 Å². The van der Waals surface area contributed by atoms with Crippen LogP contribution in [0.15, 0.2) is 4.99 Å². The zero-order chi connectivity index (χ0) is 14.8. The Kier molecular flexibility index (Phi) is 8.62. The largest absolute Gasteiger partial charge is 0.383 e. The minimum absolute atomic E-state index is 0.612. The second-order valence-electron chi connectivity index (χ2n) is 5.53. The van der Waals surface area contributed by atoms with Crippen LogP contribution in [0.25, 0.3) is 0 Å². The first-order chi connectivity index (χ1) is 9.72. The van der Waals surface area contributed by atoms with Crippen molar-refractivity contribution >= 4 is 5.96 Å². The van der Waals surface area contributed by atoms with Crippen LogP contribution in [0.4, 0.5) is 0 Å². The van der Waals surface area contributed by atoms with E-state index in [2.05, 4.69) is 34.1 Å². The molecule has 0 aliphatic carbocycles. The van der Waals surface area contributed by atoms with Crippen molar-refractivity contribution in [3.63, 3.8) is 0 Å². The van der Waals surface area contributed by atoms with E-state index in [0.29, 0.717) is 6.04 Å². The lowest BCUT2D eigenvalue weighted by atomic mass is 10.2. The Morgan fingerprint density at radius 1 is 1.50 bits per heavy atom. The van der Waals surface area contributed by atoms with Gasteiger partial charge in [0.2, 0.25) is 0 Å². The highest BCUT2D eigenvalue weighted by molar-refractivity contribution is 5.79. The number of rotatable bonds is 8. The van der Waals surface area contributed by atoms with E-state index >= 15 is 0 Å². The van der Waals surface area contributed by atoms with E-state index in [1.807, 2.05) is 7.05 Å². The Hall–Kier alpha value is -0.810. The van der Waals surface area contributed by atoms with Gasteiger partial charge in [0.05, 0.1) is 6.61 Å². The molecule has 0 aromatic carbocycles. The summed E-state index contributed by atoms with van der Waals surface area (Å²) in [5.41, 5.74) is 0. The number of likely N-dealkylation sites (tertiary alicyclic amines) is 1. The van der Waals surface area contributed by atoms with Gasteiger partial charge in [0.25, 0.3) is 0 Å². The summed E-state index contributed by atoms with van der Waals surface area (Å²) in [6, 6.07) is 0.612. The molecule has 0 saturated carbocycles. The van der Waals surface area contributed by atoms with Crippen molar-refractivity contribution in [2.45, 2.75) is 38.6 Å². The number of ether oxygens (including phenoxy) is 1. The predicted octanol–water partition coefficient (Wildman–Crippen LogP) is 1.40. The van der Waals surface area contributed by atoms with Gasteiger partial charge in [0, 0.05) is 46.9 Å². The molecule has 1 atom stereocenters. The molecule has 1 heterocycles. The number of unbranched alkanes of at least 4 members (excludes halogenated alkanes) is 1. The van der Waals surface area contributed by atoms with Gasteiger partial charge in [-0.2, -0.15) is 0 Å². The molecule has 0 unspecified atom stereocenters. The average molecular weight is 284 g/mol. The SMILES string of the molecule is CCCCN(C)C(=NC)NC[C@H]1CCCN1CCOC. The molecule has 0 aromatic heterocycles. The van der Waals surface area contributed by atoms with E-state index in [0.717, 1.165) is 32.2 Å². The standard InChI is InChI=1S/C15H32N4O/c1-5-6-9-18(3)15(16-2)17-13-14-8-7-10-19(14)11-12-20-4/h14H,5-13H2,1-4H3,(H,16,17)/t14-/m1/s1. The van der Waals surface area contributed by atoms with Crippen LogP contribution in [0.5, 0.6) is 0 Å². The van der Waals surface area contributed by atoms with Crippen molar-refractivity contribution in [3.8, 4) is 0 Å². The first kappa shape index (κ1) is 17.2. The van der Waals surface area contributed by atoms with Crippen LogP contribution >= 0.6 is 0 Å². The van der Waals surface area contributed by atoms with Crippen molar-refractivity contribution in [1.82, 2.24) is 15.1 Å². The van der Waals surface area contributed by atoms with E-state index in [4.69, 9.17) is 4.74 Å². The highest BCUT2D eigenvalue weighted by Crippen LogP contribution is 2.15. The third-order valence-corrected chi connectivity index (χ3v) is 4.00. The fourth-order valence-corrected chi connectivity index (χ4v) is 2.72. The molecule has 20 heavy (non-hydrogen) atoms. The van der Waals surface area contributed by atoms with E-state index in [1.165, 1.54) is 32.2 Å². The maximum atomic E-state index is 5.19.